The number of hydrogen-bond acceptors (Lipinski definition) is 10. The van der Waals surface area contributed by atoms with Crippen LogP contribution in [0.3, 0.4) is 0 Å². The highest BCUT2D eigenvalue weighted by atomic mass is 32.2. The number of amides is 1. The molecule has 3 aliphatic carbocycles. The lowest BCUT2D eigenvalue weighted by molar-refractivity contribution is -0.386. The molecular formula is C52H63N5O8SSi. The highest BCUT2D eigenvalue weighted by Crippen LogP contribution is 2.47. The standard InChI is InChI=1S/C52H63N5O8SSi/c1-52(2,3)67(4,5)65-40-21-12-34(13-22-40)33-63-48-25-23-42(31-47(48)57(59)60)66(61,62)55-51(58)45-24-18-37(30-49(45)64-41-29-38-26-27-53-50(38)54-32-41)35-16-19-39(20-17-35)56-28-8-11-46(56)44-10-7-6-9-43(44)36-14-15-36/h6-7,9-10,16,18,23-27,29-32,34,36,39-40,46H,8,11-15,17,19-22,28,33H2,1-5H3,(H,53,54)(H,55,58)/t34?,39?,40?,46-/m1/s1. The number of fused-ring (bicyclic) bond motifs is 1. The highest BCUT2D eigenvalue weighted by Gasteiger charge is 2.40. The van der Waals surface area contributed by atoms with Crippen LogP contribution in [-0.4, -0.2) is 67.7 Å². The summed E-state index contributed by atoms with van der Waals surface area (Å²) >= 11 is 0. The molecule has 2 N–H and O–H groups in total. The number of nitrogens with one attached hydrogen (secondary N) is 2. The number of pyridine rings is 1. The second-order valence-electron chi connectivity index (χ2n) is 20.5. The van der Waals surface area contributed by atoms with Gasteiger partial charge >= 0.3 is 5.69 Å². The van der Waals surface area contributed by atoms with Crippen molar-refractivity contribution < 1.29 is 32.0 Å². The molecule has 0 bridgehead atoms. The summed E-state index contributed by atoms with van der Waals surface area (Å²) in [7, 11) is -6.49. The van der Waals surface area contributed by atoms with Crippen LogP contribution in [0.15, 0.2) is 96.2 Å². The van der Waals surface area contributed by atoms with Crippen LogP contribution in [0.25, 0.3) is 16.6 Å². The number of allylic oxidation sites excluding steroid dienone is 1. The summed E-state index contributed by atoms with van der Waals surface area (Å²) in [5, 5.41) is 13.2. The molecule has 354 valence electrons. The topological polar surface area (TPSA) is 166 Å². The molecule has 4 aliphatic rings. The molecule has 2 aromatic heterocycles. The minimum atomic E-state index is -4.59. The Hall–Kier alpha value is -5.35. The predicted octanol–water partition coefficient (Wildman–Crippen LogP) is 12.0. The van der Waals surface area contributed by atoms with Gasteiger partial charge in [0, 0.05) is 35.8 Å². The molecule has 5 aromatic rings. The maximum absolute atomic E-state index is 14.0. The third kappa shape index (κ3) is 10.4. The summed E-state index contributed by atoms with van der Waals surface area (Å²) in [6.07, 6.45) is 16.9. The lowest BCUT2D eigenvalue weighted by atomic mass is 9.88. The van der Waals surface area contributed by atoms with Gasteiger partial charge < -0.3 is 18.9 Å². The molecule has 9 rings (SSSR count). The number of H-pyrrole nitrogens is 1. The highest BCUT2D eigenvalue weighted by molar-refractivity contribution is 7.90. The summed E-state index contributed by atoms with van der Waals surface area (Å²) in [4.78, 5) is 35.5. The van der Waals surface area contributed by atoms with Crippen molar-refractivity contribution in [2.24, 2.45) is 5.92 Å². The molecule has 0 radical (unpaired) electrons. The Labute approximate surface area is 395 Å². The molecule has 1 saturated heterocycles. The van der Waals surface area contributed by atoms with Crippen molar-refractivity contribution in [2.45, 2.75) is 139 Å². The summed E-state index contributed by atoms with van der Waals surface area (Å²) in [5.41, 5.74) is 5.17. The van der Waals surface area contributed by atoms with Gasteiger partial charge in [-0.3, -0.25) is 19.8 Å². The maximum Gasteiger partial charge on any atom is 0.312 e. The average molecular weight is 946 g/mol. The first-order valence-corrected chi connectivity index (χ1v) is 28.4. The molecule has 3 aromatic carbocycles. The van der Waals surface area contributed by atoms with Crippen molar-refractivity contribution in [3.63, 3.8) is 0 Å². The molecule has 0 spiro atoms. The fraction of sp³-hybridized carbons (Fsp3) is 0.462. The zero-order chi connectivity index (χ0) is 47.1. The quantitative estimate of drug-likeness (QED) is 0.0586. The van der Waals surface area contributed by atoms with Crippen LogP contribution in [0.4, 0.5) is 5.69 Å². The van der Waals surface area contributed by atoms with E-state index in [-0.39, 0.29) is 40.7 Å². The molecule has 3 fully saturated rings. The van der Waals surface area contributed by atoms with Crippen molar-refractivity contribution in [3.05, 3.63) is 124 Å². The number of nitro benzene ring substituents is 1. The Morgan fingerprint density at radius 2 is 1.72 bits per heavy atom. The fourth-order valence-electron chi connectivity index (χ4n) is 10.0. The molecular weight excluding hydrogens is 883 g/mol. The summed E-state index contributed by atoms with van der Waals surface area (Å²) in [6, 6.07) is 22.1. The van der Waals surface area contributed by atoms with Crippen LogP contribution in [-0.2, 0) is 14.4 Å². The average Bonchev–Trinajstić information content (AvgIpc) is 3.84. The van der Waals surface area contributed by atoms with E-state index in [1.54, 1.807) is 30.6 Å². The minimum Gasteiger partial charge on any atom is -0.487 e. The van der Waals surface area contributed by atoms with Crippen molar-refractivity contribution >= 4 is 46.5 Å². The largest absolute Gasteiger partial charge is 0.487 e. The van der Waals surface area contributed by atoms with Gasteiger partial charge in [0.15, 0.2) is 14.1 Å². The number of aromatic amines is 1. The van der Waals surface area contributed by atoms with E-state index in [0.717, 1.165) is 74.1 Å². The molecule has 15 heteroatoms. The van der Waals surface area contributed by atoms with Gasteiger partial charge in [-0.1, -0.05) is 57.2 Å². The van der Waals surface area contributed by atoms with Crippen LogP contribution in [0.1, 0.15) is 130 Å². The van der Waals surface area contributed by atoms with Crippen molar-refractivity contribution in [3.8, 4) is 17.2 Å². The molecule has 67 heavy (non-hydrogen) atoms. The fourth-order valence-corrected chi connectivity index (χ4v) is 12.4. The van der Waals surface area contributed by atoms with E-state index in [9.17, 15) is 23.3 Å². The molecule has 13 nitrogen and oxygen atoms in total. The minimum absolute atomic E-state index is 0.0242. The number of benzene rings is 3. The third-order valence-electron chi connectivity index (χ3n) is 14.9. The number of sulfonamides is 1. The third-order valence-corrected chi connectivity index (χ3v) is 20.8. The SMILES string of the molecule is CC(C)(C)[Si](C)(C)OC1CCC(COc2ccc(S(=O)(=O)NC(=O)c3ccc(C4=CCC(N5CCC[C@@H]5c5ccccc5C5CC5)CC4)cc3Oc3cnc4[nH]ccc4c3)cc2[N+](=O)[O-])CC1. The number of nitro groups is 1. The number of likely N-dealkylation sites (tertiary alicyclic amines) is 1. The Morgan fingerprint density at radius 1 is 0.940 bits per heavy atom. The van der Waals surface area contributed by atoms with Crippen molar-refractivity contribution in [2.75, 3.05) is 13.2 Å². The summed E-state index contributed by atoms with van der Waals surface area (Å²) in [5.74, 6) is 0.417. The summed E-state index contributed by atoms with van der Waals surface area (Å²) in [6.45, 7) is 12.5. The van der Waals surface area contributed by atoms with Crippen LogP contribution in [0, 0.1) is 16.0 Å². The Balaban J connectivity index is 0.899. The number of carbonyl (C=O) groups excluding carboxylic acids is 1. The van der Waals surface area contributed by atoms with E-state index in [2.05, 4.69) is 83.8 Å². The second kappa shape index (κ2) is 19.0. The van der Waals surface area contributed by atoms with Crippen LogP contribution >= 0.6 is 0 Å². The number of carbonyl (C=O) groups is 1. The monoisotopic (exact) mass is 945 g/mol. The molecule has 3 heterocycles. The van der Waals surface area contributed by atoms with Gasteiger partial charge in [-0.15, -0.1) is 0 Å². The van der Waals surface area contributed by atoms with Gasteiger partial charge in [0.05, 0.1) is 28.2 Å². The Kier molecular flexibility index (Phi) is 13.2. The molecule has 2 atom stereocenters. The van der Waals surface area contributed by atoms with Gasteiger partial charge in [0.2, 0.25) is 0 Å². The number of ether oxygens (including phenoxy) is 2. The van der Waals surface area contributed by atoms with E-state index < -0.39 is 39.8 Å². The molecule has 1 amide bonds. The van der Waals surface area contributed by atoms with Gasteiger partial charge in [0.1, 0.15) is 17.1 Å². The van der Waals surface area contributed by atoms with E-state index in [4.69, 9.17) is 13.9 Å². The number of hydrogen-bond donors (Lipinski definition) is 2. The van der Waals surface area contributed by atoms with Crippen LogP contribution in [0.5, 0.6) is 17.2 Å². The van der Waals surface area contributed by atoms with Gasteiger partial charge in [0.25, 0.3) is 15.9 Å². The first-order chi connectivity index (χ1) is 32.0. The normalized spacial score (nSPS) is 21.8. The first-order valence-electron chi connectivity index (χ1n) is 24.0. The number of rotatable bonds is 15. The molecule has 1 unspecified atom stereocenters. The van der Waals surface area contributed by atoms with E-state index >= 15 is 0 Å². The molecule has 2 saturated carbocycles. The summed E-state index contributed by atoms with van der Waals surface area (Å²) < 4.78 is 48.8. The Bertz CT molecular complexity index is 2790. The van der Waals surface area contributed by atoms with Crippen molar-refractivity contribution in [1.29, 1.82) is 0 Å². The lowest BCUT2D eigenvalue weighted by Crippen LogP contribution is -2.44. The van der Waals surface area contributed by atoms with Gasteiger partial charge in [-0.2, -0.15) is 0 Å². The zero-order valence-electron chi connectivity index (χ0n) is 39.3. The predicted molar refractivity (Wildman–Crippen MR) is 263 cm³/mol. The maximum atomic E-state index is 14.0. The van der Waals surface area contributed by atoms with Gasteiger partial charge in [-0.05, 0) is 166 Å². The number of nitrogens with zero attached hydrogens (tertiary/aromatic N) is 3. The molecule has 1 aliphatic heterocycles. The van der Waals surface area contributed by atoms with Crippen LogP contribution in [0.2, 0.25) is 18.1 Å². The van der Waals surface area contributed by atoms with Crippen LogP contribution < -0.4 is 14.2 Å². The smallest absolute Gasteiger partial charge is 0.312 e. The Morgan fingerprint density at radius 3 is 2.43 bits per heavy atom. The first kappa shape index (κ1) is 46.7. The van der Waals surface area contributed by atoms with E-state index in [0.29, 0.717) is 29.4 Å². The second-order valence-corrected chi connectivity index (χ2v) is 26.9. The van der Waals surface area contributed by atoms with Gasteiger partial charge in [-0.25, -0.2) is 18.1 Å². The zero-order valence-corrected chi connectivity index (χ0v) is 41.1. The van der Waals surface area contributed by atoms with Crippen molar-refractivity contribution in [1.82, 2.24) is 19.6 Å². The van der Waals surface area contributed by atoms with E-state index in [1.165, 1.54) is 48.9 Å². The lowest BCUT2D eigenvalue weighted by Gasteiger charge is -2.41. The number of aromatic nitrogens is 2. The van der Waals surface area contributed by atoms with E-state index in [1.807, 2.05) is 12.1 Å².